The monoisotopic (exact) mass is 230 g/mol. The van der Waals surface area contributed by atoms with Crippen molar-refractivity contribution in [1.29, 1.82) is 0 Å². The summed E-state index contributed by atoms with van der Waals surface area (Å²) in [6.45, 7) is 6.46. The van der Waals surface area contributed by atoms with E-state index in [1.54, 1.807) is 11.8 Å². The van der Waals surface area contributed by atoms with Crippen LogP contribution >= 0.6 is 11.8 Å². The van der Waals surface area contributed by atoms with Gasteiger partial charge in [-0.25, -0.2) is 0 Å². The maximum absolute atomic E-state index is 11.4. The van der Waals surface area contributed by atoms with E-state index in [0.717, 1.165) is 19.0 Å². The first-order valence-electron chi connectivity index (χ1n) is 5.56. The molecule has 0 unspecified atom stereocenters. The Kier molecular flexibility index (Phi) is 4.93. The van der Waals surface area contributed by atoms with Crippen molar-refractivity contribution in [3.8, 4) is 0 Å². The Morgan fingerprint density at radius 2 is 2.13 bits per heavy atom. The molecule has 2 N–H and O–H groups in total. The standard InChI is InChI=1S/C11H22N2OS/c1-11(2,15-3)8-13-10(14)7-12-6-9-4-5-9/h9,12H,4-8H2,1-3H3,(H,13,14). The summed E-state index contributed by atoms with van der Waals surface area (Å²) in [5, 5.41) is 6.13. The lowest BCUT2D eigenvalue weighted by Crippen LogP contribution is -2.40. The number of carbonyl (C=O) groups excluding carboxylic acids is 1. The number of nitrogens with one attached hydrogen (secondary N) is 2. The van der Waals surface area contributed by atoms with Crippen molar-refractivity contribution in [3.63, 3.8) is 0 Å². The third-order valence-corrected chi connectivity index (χ3v) is 3.93. The molecule has 88 valence electrons. The first-order valence-corrected chi connectivity index (χ1v) is 6.78. The average molecular weight is 230 g/mol. The average Bonchev–Trinajstić information content (AvgIpc) is 2.99. The fourth-order valence-electron chi connectivity index (χ4n) is 1.16. The smallest absolute Gasteiger partial charge is 0.234 e. The maximum atomic E-state index is 11.4. The molecule has 15 heavy (non-hydrogen) atoms. The van der Waals surface area contributed by atoms with E-state index < -0.39 is 0 Å². The number of rotatable bonds is 7. The molecule has 0 heterocycles. The molecule has 1 saturated carbocycles. The molecule has 0 spiro atoms. The van der Waals surface area contributed by atoms with E-state index in [1.807, 2.05) is 0 Å². The molecule has 1 aliphatic rings. The molecule has 0 aromatic rings. The highest BCUT2D eigenvalue weighted by molar-refractivity contribution is 7.99. The molecular weight excluding hydrogens is 208 g/mol. The predicted octanol–water partition coefficient (Wildman–Crippen LogP) is 1.24. The van der Waals surface area contributed by atoms with Gasteiger partial charge in [0.05, 0.1) is 6.54 Å². The van der Waals surface area contributed by atoms with E-state index in [0.29, 0.717) is 6.54 Å². The first-order chi connectivity index (χ1) is 7.03. The fourth-order valence-corrected chi connectivity index (χ4v) is 1.37. The summed E-state index contributed by atoms with van der Waals surface area (Å²) in [6, 6.07) is 0. The molecule has 0 radical (unpaired) electrons. The summed E-state index contributed by atoms with van der Waals surface area (Å²) in [4.78, 5) is 11.4. The van der Waals surface area contributed by atoms with Gasteiger partial charge in [0.25, 0.3) is 0 Å². The van der Waals surface area contributed by atoms with Crippen LogP contribution in [0.25, 0.3) is 0 Å². The Morgan fingerprint density at radius 1 is 1.47 bits per heavy atom. The lowest BCUT2D eigenvalue weighted by molar-refractivity contribution is -0.120. The minimum absolute atomic E-state index is 0.109. The van der Waals surface area contributed by atoms with Crippen LogP contribution in [0.1, 0.15) is 26.7 Å². The largest absolute Gasteiger partial charge is 0.354 e. The predicted molar refractivity (Wildman–Crippen MR) is 66.2 cm³/mol. The van der Waals surface area contributed by atoms with Crippen LogP contribution in [0.4, 0.5) is 0 Å². The lowest BCUT2D eigenvalue weighted by Gasteiger charge is -2.22. The third kappa shape index (κ3) is 6.05. The molecule has 0 aliphatic heterocycles. The highest BCUT2D eigenvalue weighted by atomic mass is 32.2. The van der Waals surface area contributed by atoms with E-state index in [-0.39, 0.29) is 10.7 Å². The van der Waals surface area contributed by atoms with Crippen LogP contribution in [-0.4, -0.2) is 36.5 Å². The van der Waals surface area contributed by atoms with Gasteiger partial charge in [0.15, 0.2) is 0 Å². The van der Waals surface area contributed by atoms with Crippen molar-refractivity contribution < 1.29 is 4.79 Å². The van der Waals surface area contributed by atoms with Gasteiger partial charge < -0.3 is 10.6 Å². The number of hydrogen-bond donors (Lipinski definition) is 2. The summed E-state index contributed by atoms with van der Waals surface area (Å²) in [5.74, 6) is 0.943. The Bertz CT molecular complexity index is 215. The Hall–Kier alpha value is -0.220. The van der Waals surface area contributed by atoms with Gasteiger partial charge in [-0.3, -0.25) is 4.79 Å². The molecule has 1 rings (SSSR count). The van der Waals surface area contributed by atoms with Gasteiger partial charge in [-0.2, -0.15) is 11.8 Å². The minimum atomic E-state index is 0.109. The SMILES string of the molecule is CSC(C)(C)CNC(=O)CNCC1CC1. The summed E-state index contributed by atoms with van der Waals surface area (Å²) >= 11 is 1.77. The van der Waals surface area contributed by atoms with Crippen LogP contribution in [0, 0.1) is 5.92 Å². The van der Waals surface area contributed by atoms with Gasteiger partial charge in [-0.1, -0.05) is 0 Å². The zero-order chi connectivity index (χ0) is 11.3. The Labute approximate surface area is 96.8 Å². The zero-order valence-electron chi connectivity index (χ0n) is 9.93. The number of carbonyl (C=O) groups is 1. The first kappa shape index (κ1) is 12.8. The quantitative estimate of drug-likeness (QED) is 0.691. The van der Waals surface area contributed by atoms with Gasteiger partial charge in [-0.15, -0.1) is 0 Å². The van der Waals surface area contributed by atoms with Crippen LogP contribution in [0.15, 0.2) is 0 Å². The maximum Gasteiger partial charge on any atom is 0.234 e. The molecule has 0 aromatic carbocycles. The van der Waals surface area contributed by atoms with Gasteiger partial charge >= 0.3 is 0 Å². The number of thioether (sulfide) groups is 1. The molecule has 1 fully saturated rings. The molecular formula is C11H22N2OS. The van der Waals surface area contributed by atoms with E-state index >= 15 is 0 Å². The second-order valence-electron chi connectivity index (χ2n) is 4.81. The van der Waals surface area contributed by atoms with Crippen LogP contribution in [0.3, 0.4) is 0 Å². The summed E-state index contributed by atoms with van der Waals surface area (Å²) in [7, 11) is 0. The van der Waals surface area contributed by atoms with Gasteiger partial charge in [-0.05, 0) is 45.4 Å². The summed E-state index contributed by atoms with van der Waals surface area (Å²) < 4.78 is 0.131. The van der Waals surface area contributed by atoms with Crippen LogP contribution < -0.4 is 10.6 Å². The van der Waals surface area contributed by atoms with Gasteiger partial charge in [0.2, 0.25) is 5.91 Å². The van der Waals surface area contributed by atoms with E-state index in [4.69, 9.17) is 0 Å². The molecule has 0 aromatic heterocycles. The normalized spacial score (nSPS) is 16.5. The highest BCUT2D eigenvalue weighted by Crippen LogP contribution is 2.27. The summed E-state index contributed by atoms with van der Waals surface area (Å²) in [6.07, 6.45) is 4.72. The number of amides is 1. The van der Waals surface area contributed by atoms with Crippen molar-refractivity contribution in [2.75, 3.05) is 25.9 Å². The number of hydrogen-bond acceptors (Lipinski definition) is 3. The van der Waals surface area contributed by atoms with Crippen molar-refractivity contribution in [3.05, 3.63) is 0 Å². The zero-order valence-corrected chi connectivity index (χ0v) is 10.7. The van der Waals surface area contributed by atoms with Crippen molar-refractivity contribution >= 4 is 17.7 Å². The third-order valence-electron chi connectivity index (χ3n) is 2.68. The van der Waals surface area contributed by atoms with Crippen molar-refractivity contribution in [2.24, 2.45) is 5.92 Å². The molecule has 0 saturated heterocycles. The van der Waals surface area contributed by atoms with E-state index in [9.17, 15) is 4.79 Å². The fraction of sp³-hybridized carbons (Fsp3) is 0.909. The highest BCUT2D eigenvalue weighted by Gasteiger charge is 2.21. The molecule has 1 aliphatic carbocycles. The minimum Gasteiger partial charge on any atom is -0.354 e. The van der Waals surface area contributed by atoms with E-state index in [2.05, 4.69) is 30.7 Å². The van der Waals surface area contributed by atoms with Crippen molar-refractivity contribution in [2.45, 2.75) is 31.4 Å². The van der Waals surface area contributed by atoms with Crippen LogP contribution in [0.2, 0.25) is 0 Å². The topological polar surface area (TPSA) is 41.1 Å². The lowest BCUT2D eigenvalue weighted by atomic mass is 10.2. The van der Waals surface area contributed by atoms with E-state index in [1.165, 1.54) is 12.8 Å². The van der Waals surface area contributed by atoms with Crippen LogP contribution in [-0.2, 0) is 4.79 Å². The van der Waals surface area contributed by atoms with Gasteiger partial charge in [0, 0.05) is 11.3 Å². The summed E-state index contributed by atoms with van der Waals surface area (Å²) in [5.41, 5.74) is 0. The van der Waals surface area contributed by atoms with Gasteiger partial charge in [0.1, 0.15) is 0 Å². The second-order valence-corrected chi connectivity index (χ2v) is 6.33. The molecule has 3 nitrogen and oxygen atoms in total. The van der Waals surface area contributed by atoms with Crippen molar-refractivity contribution in [1.82, 2.24) is 10.6 Å². The van der Waals surface area contributed by atoms with Crippen LogP contribution in [0.5, 0.6) is 0 Å². The molecule has 1 amide bonds. The molecule has 0 atom stereocenters. The Balaban J connectivity index is 2.01. The Morgan fingerprint density at radius 3 is 2.67 bits per heavy atom. The second kappa shape index (κ2) is 5.75. The molecule has 4 heteroatoms. The molecule has 0 bridgehead atoms.